The fourth-order valence-electron chi connectivity index (χ4n) is 2.00. The van der Waals surface area contributed by atoms with Crippen molar-refractivity contribution < 1.29 is 18.7 Å². The molecular weight excluding hydrogens is 345 g/mol. The van der Waals surface area contributed by atoms with E-state index in [4.69, 9.17) is 16.3 Å². The van der Waals surface area contributed by atoms with E-state index in [0.717, 1.165) is 11.6 Å². The number of carbonyl (C=O) groups is 2. The van der Waals surface area contributed by atoms with Gasteiger partial charge in [0.2, 0.25) is 0 Å². The van der Waals surface area contributed by atoms with Crippen LogP contribution in [-0.4, -0.2) is 18.0 Å². The van der Waals surface area contributed by atoms with Gasteiger partial charge in [-0.05, 0) is 43.7 Å². The summed E-state index contributed by atoms with van der Waals surface area (Å²) in [5, 5.41) is 3.14. The summed E-state index contributed by atoms with van der Waals surface area (Å²) in [7, 11) is 0. The van der Waals surface area contributed by atoms with Gasteiger partial charge in [-0.3, -0.25) is 4.79 Å². The highest BCUT2D eigenvalue weighted by atomic mass is 35.5. The number of amides is 1. The van der Waals surface area contributed by atoms with Crippen LogP contribution < -0.4 is 5.32 Å². The monoisotopic (exact) mass is 361 g/mol. The predicted molar refractivity (Wildman–Crippen MR) is 95.8 cm³/mol. The Morgan fingerprint density at radius 3 is 2.68 bits per heavy atom. The zero-order chi connectivity index (χ0) is 18.4. The van der Waals surface area contributed by atoms with Gasteiger partial charge in [0, 0.05) is 22.3 Å². The van der Waals surface area contributed by atoms with E-state index < -0.39 is 23.8 Å². The topological polar surface area (TPSA) is 55.4 Å². The van der Waals surface area contributed by atoms with Gasteiger partial charge < -0.3 is 10.1 Å². The minimum absolute atomic E-state index is 0.256. The van der Waals surface area contributed by atoms with Crippen LogP contribution in [0.15, 0.2) is 48.5 Å². The highest BCUT2D eigenvalue weighted by Crippen LogP contribution is 2.20. The fraction of sp³-hybridized carbons (Fsp3) is 0.158. The highest BCUT2D eigenvalue weighted by molar-refractivity contribution is 6.31. The second kappa shape index (κ2) is 8.44. The Balaban J connectivity index is 1.95. The number of nitrogens with one attached hydrogen (secondary N) is 1. The summed E-state index contributed by atoms with van der Waals surface area (Å²) in [4.78, 5) is 23.9. The maximum Gasteiger partial charge on any atom is 0.331 e. The van der Waals surface area contributed by atoms with E-state index >= 15 is 0 Å². The smallest absolute Gasteiger partial charge is 0.331 e. The number of hydrogen-bond donors (Lipinski definition) is 1. The van der Waals surface area contributed by atoms with Gasteiger partial charge in [-0.1, -0.05) is 35.9 Å². The normalized spacial score (nSPS) is 12.0. The summed E-state index contributed by atoms with van der Waals surface area (Å²) in [6.07, 6.45) is 1.35. The zero-order valence-corrected chi connectivity index (χ0v) is 14.5. The largest absolute Gasteiger partial charge is 0.449 e. The molecular formula is C19H17ClFNO3. The number of aryl methyl sites for hydroxylation is 1. The average molecular weight is 362 g/mol. The molecule has 1 N–H and O–H groups in total. The summed E-state index contributed by atoms with van der Waals surface area (Å²) >= 11 is 5.90. The van der Waals surface area contributed by atoms with Crippen molar-refractivity contribution in [2.24, 2.45) is 0 Å². The molecule has 0 aliphatic carbocycles. The van der Waals surface area contributed by atoms with Gasteiger partial charge >= 0.3 is 5.97 Å². The molecule has 0 fully saturated rings. The molecule has 0 heterocycles. The second-order valence-corrected chi connectivity index (χ2v) is 5.82. The lowest BCUT2D eigenvalue weighted by Gasteiger charge is -2.14. The molecule has 0 aliphatic rings. The summed E-state index contributed by atoms with van der Waals surface area (Å²) in [6.45, 7) is 3.27. The number of ether oxygens (including phenoxy) is 1. The van der Waals surface area contributed by atoms with Crippen molar-refractivity contribution >= 4 is 35.2 Å². The van der Waals surface area contributed by atoms with Crippen LogP contribution in [0.2, 0.25) is 5.02 Å². The molecule has 0 bridgehead atoms. The average Bonchev–Trinajstić information content (AvgIpc) is 2.57. The van der Waals surface area contributed by atoms with E-state index in [2.05, 4.69) is 5.32 Å². The molecule has 2 aromatic carbocycles. The van der Waals surface area contributed by atoms with Crippen molar-refractivity contribution in [3.05, 3.63) is 70.5 Å². The Morgan fingerprint density at radius 1 is 1.24 bits per heavy atom. The number of anilines is 1. The number of halogens is 2. The van der Waals surface area contributed by atoms with Crippen LogP contribution in [0.5, 0.6) is 0 Å². The van der Waals surface area contributed by atoms with Crippen molar-refractivity contribution in [1.29, 1.82) is 0 Å². The van der Waals surface area contributed by atoms with Gasteiger partial charge in [0.1, 0.15) is 5.82 Å². The highest BCUT2D eigenvalue weighted by Gasteiger charge is 2.17. The van der Waals surface area contributed by atoms with Gasteiger partial charge in [-0.25, -0.2) is 9.18 Å². The summed E-state index contributed by atoms with van der Waals surface area (Å²) in [5.41, 5.74) is 1.63. The summed E-state index contributed by atoms with van der Waals surface area (Å²) in [5.74, 6) is -1.68. The summed E-state index contributed by atoms with van der Waals surface area (Å²) in [6, 6.07) is 11.1. The van der Waals surface area contributed by atoms with E-state index in [1.165, 1.54) is 25.1 Å². The number of rotatable bonds is 5. The van der Waals surface area contributed by atoms with Crippen molar-refractivity contribution in [3.8, 4) is 0 Å². The van der Waals surface area contributed by atoms with Crippen LogP contribution in [-0.2, 0) is 14.3 Å². The third-order valence-corrected chi connectivity index (χ3v) is 3.66. The predicted octanol–water partition coefficient (Wildman–Crippen LogP) is 4.37. The third kappa shape index (κ3) is 5.43. The third-order valence-electron chi connectivity index (χ3n) is 3.42. The molecule has 130 valence electrons. The van der Waals surface area contributed by atoms with Gasteiger partial charge in [-0.15, -0.1) is 0 Å². The standard InChI is InChI=1S/C19H17ClFNO3/c1-12-7-9-15(20)11-17(12)22-19(24)13(2)25-18(23)10-8-14-5-3-4-6-16(14)21/h3-11,13H,1-2H3,(H,22,24)/b10-8+. The molecule has 2 aromatic rings. The Bertz CT molecular complexity index is 820. The van der Waals surface area contributed by atoms with Crippen LogP contribution in [0.25, 0.3) is 6.08 Å². The SMILES string of the molecule is Cc1ccc(Cl)cc1NC(=O)C(C)OC(=O)/C=C/c1ccccc1F. The van der Waals surface area contributed by atoms with Crippen LogP contribution >= 0.6 is 11.6 Å². The van der Waals surface area contributed by atoms with Gasteiger partial charge in [0.25, 0.3) is 5.91 Å². The molecule has 0 saturated heterocycles. The zero-order valence-electron chi connectivity index (χ0n) is 13.8. The number of carbonyl (C=O) groups excluding carboxylic acids is 2. The molecule has 25 heavy (non-hydrogen) atoms. The van der Waals surface area contributed by atoms with Crippen molar-refractivity contribution in [3.63, 3.8) is 0 Å². The first-order valence-corrected chi connectivity index (χ1v) is 7.95. The molecule has 1 unspecified atom stereocenters. The van der Waals surface area contributed by atoms with Crippen molar-refractivity contribution in [2.75, 3.05) is 5.32 Å². The molecule has 0 aliphatic heterocycles. The lowest BCUT2D eigenvalue weighted by molar-refractivity contribution is -0.148. The quantitative estimate of drug-likeness (QED) is 0.635. The Morgan fingerprint density at radius 2 is 1.96 bits per heavy atom. The molecule has 0 aromatic heterocycles. The maximum atomic E-state index is 13.5. The van der Waals surface area contributed by atoms with E-state index in [1.807, 2.05) is 6.92 Å². The van der Waals surface area contributed by atoms with E-state index in [0.29, 0.717) is 10.7 Å². The Labute approximate surface area is 150 Å². The first-order chi connectivity index (χ1) is 11.9. The first-order valence-electron chi connectivity index (χ1n) is 7.57. The molecule has 2 rings (SSSR count). The van der Waals surface area contributed by atoms with Gasteiger partial charge in [0.05, 0.1) is 0 Å². The Hall–Kier alpha value is -2.66. The molecule has 1 amide bonds. The maximum absolute atomic E-state index is 13.5. The number of esters is 1. The molecule has 4 nitrogen and oxygen atoms in total. The lowest BCUT2D eigenvalue weighted by atomic mass is 10.2. The lowest BCUT2D eigenvalue weighted by Crippen LogP contribution is -2.29. The van der Waals surface area contributed by atoms with Crippen molar-refractivity contribution in [2.45, 2.75) is 20.0 Å². The molecule has 6 heteroatoms. The van der Waals surface area contributed by atoms with E-state index in [1.54, 1.807) is 30.3 Å². The second-order valence-electron chi connectivity index (χ2n) is 5.38. The molecule has 0 saturated carbocycles. The molecule has 0 spiro atoms. The van der Waals surface area contributed by atoms with Crippen molar-refractivity contribution in [1.82, 2.24) is 0 Å². The van der Waals surface area contributed by atoms with Crippen LogP contribution in [0.1, 0.15) is 18.1 Å². The van der Waals surface area contributed by atoms with E-state index in [-0.39, 0.29) is 5.56 Å². The Kier molecular flexibility index (Phi) is 6.31. The van der Waals surface area contributed by atoms with Crippen LogP contribution in [0.3, 0.4) is 0 Å². The van der Waals surface area contributed by atoms with Gasteiger partial charge in [0.15, 0.2) is 6.10 Å². The minimum atomic E-state index is -1.02. The molecule has 1 atom stereocenters. The summed E-state index contributed by atoms with van der Waals surface area (Å²) < 4.78 is 18.5. The first kappa shape index (κ1) is 18.7. The molecule has 0 radical (unpaired) electrons. The number of hydrogen-bond acceptors (Lipinski definition) is 3. The fourth-order valence-corrected chi connectivity index (χ4v) is 2.17. The van der Waals surface area contributed by atoms with Crippen LogP contribution in [0.4, 0.5) is 10.1 Å². The van der Waals surface area contributed by atoms with Gasteiger partial charge in [-0.2, -0.15) is 0 Å². The minimum Gasteiger partial charge on any atom is -0.449 e. The van der Waals surface area contributed by atoms with E-state index in [9.17, 15) is 14.0 Å². The van der Waals surface area contributed by atoms with Crippen LogP contribution in [0, 0.1) is 12.7 Å². The number of benzene rings is 2.